The van der Waals surface area contributed by atoms with Gasteiger partial charge >= 0.3 is 8.60 Å². The SMILES string of the molecule is CC1(C)OCC(COP2OCCCO2)O1. The van der Waals surface area contributed by atoms with Crippen LogP contribution < -0.4 is 0 Å². The van der Waals surface area contributed by atoms with E-state index in [1.54, 1.807) is 0 Å². The van der Waals surface area contributed by atoms with Gasteiger partial charge in [0.05, 0.1) is 26.4 Å². The molecule has 88 valence electrons. The van der Waals surface area contributed by atoms with Crippen LogP contribution in [0.2, 0.25) is 0 Å². The second-order valence-electron chi connectivity index (χ2n) is 3.99. The van der Waals surface area contributed by atoms with Gasteiger partial charge in [0.25, 0.3) is 0 Å². The summed E-state index contributed by atoms with van der Waals surface area (Å²) in [6.07, 6.45) is 0.926. The Morgan fingerprint density at radius 2 is 2.07 bits per heavy atom. The Kier molecular flexibility index (Phi) is 3.93. The molecule has 2 saturated heterocycles. The lowest BCUT2D eigenvalue weighted by atomic mass is 10.4. The molecule has 2 fully saturated rings. The topological polar surface area (TPSA) is 46.2 Å². The highest BCUT2D eigenvalue weighted by Gasteiger charge is 2.33. The highest BCUT2D eigenvalue weighted by Crippen LogP contribution is 2.42. The molecule has 0 bridgehead atoms. The van der Waals surface area contributed by atoms with Crippen LogP contribution in [0.4, 0.5) is 0 Å². The highest BCUT2D eigenvalue weighted by molar-refractivity contribution is 7.41. The van der Waals surface area contributed by atoms with Crippen LogP contribution in [0.15, 0.2) is 0 Å². The van der Waals surface area contributed by atoms with Crippen LogP contribution in [0, 0.1) is 0 Å². The summed E-state index contributed by atoms with van der Waals surface area (Å²) < 4.78 is 27.1. The molecule has 2 aliphatic heterocycles. The molecular weight excluding hydrogens is 219 g/mol. The first-order valence-corrected chi connectivity index (χ1v) is 6.26. The van der Waals surface area contributed by atoms with Gasteiger partial charge in [-0.25, -0.2) is 0 Å². The maximum atomic E-state index is 5.59. The zero-order chi connectivity index (χ0) is 10.7. The lowest BCUT2D eigenvalue weighted by Gasteiger charge is -2.22. The third kappa shape index (κ3) is 3.63. The fraction of sp³-hybridized carbons (Fsp3) is 1.00. The van der Waals surface area contributed by atoms with Crippen molar-refractivity contribution in [2.45, 2.75) is 32.2 Å². The lowest BCUT2D eigenvalue weighted by Crippen LogP contribution is -2.24. The van der Waals surface area contributed by atoms with Crippen LogP contribution in [0.5, 0.6) is 0 Å². The molecule has 0 aromatic rings. The lowest BCUT2D eigenvalue weighted by molar-refractivity contribution is -0.142. The van der Waals surface area contributed by atoms with Crippen molar-refractivity contribution >= 4 is 8.60 Å². The Bertz CT molecular complexity index is 205. The fourth-order valence-electron chi connectivity index (χ4n) is 1.44. The van der Waals surface area contributed by atoms with Gasteiger partial charge in [-0.05, 0) is 20.3 Å². The predicted molar refractivity (Wildman–Crippen MR) is 54.3 cm³/mol. The molecule has 0 N–H and O–H groups in total. The van der Waals surface area contributed by atoms with Gasteiger partial charge < -0.3 is 23.0 Å². The molecule has 1 atom stereocenters. The second kappa shape index (κ2) is 5.04. The largest absolute Gasteiger partial charge is 0.348 e. The van der Waals surface area contributed by atoms with Gasteiger partial charge in [-0.3, -0.25) is 0 Å². The van der Waals surface area contributed by atoms with Crippen LogP contribution in [-0.4, -0.2) is 38.3 Å². The van der Waals surface area contributed by atoms with Crippen molar-refractivity contribution in [2.75, 3.05) is 26.4 Å². The first-order valence-electron chi connectivity index (χ1n) is 5.16. The van der Waals surface area contributed by atoms with Gasteiger partial charge in [-0.1, -0.05) is 0 Å². The van der Waals surface area contributed by atoms with Crippen LogP contribution in [0.25, 0.3) is 0 Å². The normalized spacial score (nSPS) is 32.0. The Hall–Kier alpha value is 0.230. The summed E-state index contributed by atoms with van der Waals surface area (Å²) in [6.45, 7) is 6.27. The molecule has 0 amide bonds. The molecule has 0 spiro atoms. The quantitative estimate of drug-likeness (QED) is 0.699. The molecule has 0 saturated carbocycles. The van der Waals surface area contributed by atoms with Crippen LogP contribution in [0.3, 0.4) is 0 Å². The zero-order valence-electron chi connectivity index (χ0n) is 9.10. The monoisotopic (exact) mass is 236 g/mol. The summed E-state index contributed by atoms with van der Waals surface area (Å²) in [5.41, 5.74) is 0. The minimum absolute atomic E-state index is 0.0170. The molecule has 15 heavy (non-hydrogen) atoms. The van der Waals surface area contributed by atoms with Crippen molar-refractivity contribution in [3.8, 4) is 0 Å². The molecule has 0 aliphatic carbocycles. The minimum Gasteiger partial charge on any atom is -0.348 e. The van der Waals surface area contributed by atoms with E-state index < -0.39 is 14.4 Å². The molecule has 2 heterocycles. The predicted octanol–water partition coefficient (Wildman–Crippen LogP) is 1.82. The summed E-state index contributed by atoms with van der Waals surface area (Å²) in [5.74, 6) is -0.491. The van der Waals surface area contributed by atoms with E-state index in [1.807, 2.05) is 13.8 Å². The molecule has 5 nitrogen and oxygen atoms in total. The maximum absolute atomic E-state index is 5.59. The van der Waals surface area contributed by atoms with E-state index in [0.717, 1.165) is 19.6 Å². The van der Waals surface area contributed by atoms with Gasteiger partial charge in [0.1, 0.15) is 6.10 Å². The molecule has 0 aromatic carbocycles. The molecule has 6 heteroatoms. The number of rotatable bonds is 3. The Morgan fingerprint density at radius 1 is 1.33 bits per heavy atom. The third-order valence-electron chi connectivity index (χ3n) is 2.12. The van der Waals surface area contributed by atoms with Crippen molar-refractivity contribution < 1.29 is 23.0 Å². The van der Waals surface area contributed by atoms with Crippen molar-refractivity contribution in [3.05, 3.63) is 0 Å². The molecule has 2 rings (SSSR count). The molecule has 0 aromatic heterocycles. The van der Waals surface area contributed by atoms with Crippen molar-refractivity contribution in [1.29, 1.82) is 0 Å². The molecule has 2 aliphatic rings. The van der Waals surface area contributed by atoms with Crippen molar-refractivity contribution in [1.82, 2.24) is 0 Å². The first-order chi connectivity index (χ1) is 7.16. The smallest absolute Gasteiger partial charge is 0.332 e. The first kappa shape index (κ1) is 11.7. The van der Waals surface area contributed by atoms with E-state index in [2.05, 4.69) is 0 Å². The minimum atomic E-state index is -1.15. The van der Waals surface area contributed by atoms with E-state index in [9.17, 15) is 0 Å². The standard InChI is InChI=1S/C9H17O5P/c1-9(2)10-6-8(14-9)7-13-15-11-4-3-5-12-15/h8H,3-7H2,1-2H3. The van der Waals surface area contributed by atoms with Crippen LogP contribution in [0.1, 0.15) is 20.3 Å². The maximum Gasteiger partial charge on any atom is 0.332 e. The van der Waals surface area contributed by atoms with E-state index in [1.165, 1.54) is 0 Å². The van der Waals surface area contributed by atoms with E-state index in [0.29, 0.717) is 13.2 Å². The van der Waals surface area contributed by atoms with Gasteiger partial charge in [-0.2, -0.15) is 0 Å². The summed E-state index contributed by atoms with van der Waals surface area (Å²) in [6, 6.07) is 0. The van der Waals surface area contributed by atoms with Crippen molar-refractivity contribution in [3.63, 3.8) is 0 Å². The zero-order valence-corrected chi connectivity index (χ0v) is 10.00. The van der Waals surface area contributed by atoms with Gasteiger partial charge in [0.15, 0.2) is 5.79 Å². The van der Waals surface area contributed by atoms with Crippen LogP contribution in [-0.2, 0) is 23.0 Å². The molecular formula is C9H17O5P. The third-order valence-corrected chi connectivity index (χ3v) is 3.26. The Labute approximate surface area is 91.0 Å². The molecule has 0 radical (unpaired) electrons. The Morgan fingerprint density at radius 3 is 2.67 bits per heavy atom. The summed E-state index contributed by atoms with van der Waals surface area (Å²) in [7, 11) is -1.15. The van der Waals surface area contributed by atoms with Gasteiger partial charge in [0.2, 0.25) is 0 Å². The summed E-state index contributed by atoms with van der Waals surface area (Å²) in [4.78, 5) is 0. The van der Waals surface area contributed by atoms with E-state index >= 15 is 0 Å². The van der Waals surface area contributed by atoms with E-state index in [4.69, 9.17) is 23.0 Å². The van der Waals surface area contributed by atoms with Crippen LogP contribution >= 0.6 is 8.60 Å². The average Bonchev–Trinajstić information content (AvgIpc) is 2.57. The Balaban J connectivity index is 1.65. The second-order valence-corrected chi connectivity index (χ2v) is 5.21. The molecule has 1 unspecified atom stereocenters. The highest BCUT2D eigenvalue weighted by atomic mass is 31.2. The van der Waals surface area contributed by atoms with Gasteiger partial charge in [-0.15, -0.1) is 0 Å². The van der Waals surface area contributed by atoms with Crippen molar-refractivity contribution in [2.24, 2.45) is 0 Å². The fourth-order valence-corrected chi connectivity index (χ4v) is 2.51. The average molecular weight is 236 g/mol. The van der Waals surface area contributed by atoms with Gasteiger partial charge in [0, 0.05) is 0 Å². The number of hydrogen-bond acceptors (Lipinski definition) is 5. The summed E-state index contributed by atoms with van der Waals surface area (Å²) >= 11 is 0. The number of hydrogen-bond donors (Lipinski definition) is 0. The number of ether oxygens (including phenoxy) is 2. The summed E-state index contributed by atoms with van der Waals surface area (Å²) in [5, 5.41) is 0. The van der Waals surface area contributed by atoms with E-state index in [-0.39, 0.29) is 6.10 Å².